The number of halogens is 1. The normalized spacial score (nSPS) is 20.4. The largest absolute Gasteiger partial charge is 0.364 e. The molecule has 0 saturated carbocycles. The van der Waals surface area contributed by atoms with E-state index in [9.17, 15) is 8.42 Å². The lowest BCUT2D eigenvalue weighted by Gasteiger charge is -2.31. The minimum atomic E-state index is -3.56. The molecular formula is C17H22ClN5O2S. The standard InChI is InChI=1S/C17H22ClN5O2S/c1-11-4-5-12(2)23(11)15-7-6-13(26(24,25)19-3)8-14(15)22-17-9-16(18)20-10-21-17/h6-12,19H,4-5H2,1-3H3,(H,20,21,22). The maximum atomic E-state index is 12.2. The second kappa shape index (κ2) is 7.38. The van der Waals surface area contributed by atoms with Gasteiger partial charge in [-0.05, 0) is 51.9 Å². The molecule has 1 aliphatic heterocycles. The first-order valence-electron chi connectivity index (χ1n) is 8.42. The molecule has 7 nitrogen and oxygen atoms in total. The summed E-state index contributed by atoms with van der Waals surface area (Å²) < 4.78 is 26.8. The number of sulfonamides is 1. The number of hydrogen-bond acceptors (Lipinski definition) is 6. The van der Waals surface area contributed by atoms with Crippen LogP contribution in [0.2, 0.25) is 5.15 Å². The predicted octanol–water partition coefficient (Wildman–Crippen LogP) is 3.16. The number of benzene rings is 1. The first kappa shape index (κ1) is 18.9. The van der Waals surface area contributed by atoms with Crippen molar-refractivity contribution in [2.75, 3.05) is 17.3 Å². The predicted molar refractivity (Wildman–Crippen MR) is 104 cm³/mol. The summed E-state index contributed by atoms with van der Waals surface area (Å²) in [6.07, 6.45) is 3.55. The van der Waals surface area contributed by atoms with Gasteiger partial charge in [0.1, 0.15) is 17.3 Å². The Bertz CT molecular complexity index is 896. The lowest BCUT2D eigenvalue weighted by atomic mass is 10.2. The van der Waals surface area contributed by atoms with Crippen LogP contribution in [0.4, 0.5) is 17.2 Å². The van der Waals surface area contributed by atoms with Crippen molar-refractivity contribution in [2.45, 2.75) is 43.7 Å². The SMILES string of the molecule is CNS(=O)(=O)c1ccc(N2C(C)CCC2C)c(Nc2cc(Cl)ncn2)c1. The summed E-state index contributed by atoms with van der Waals surface area (Å²) >= 11 is 5.94. The highest BCUT2D eigenvalue weighted by atomic mass is 35.5. The highest BCUT2D eigenvalue weighted by molar-refractivity contribution is 7.89. The van der Waals surface area contributed by atoms with Crippen molar-refractivity contribution in [1.82, 2.24) is 14.7 Å². The number of hydrogen-bond donors (Lipinski definition) is 2. The van der Waals surface area contributed by atoms with E-state index < -0.39 is 10.0 Å². The van der Waals surface area contributed by atoms with Gasteiger partial charge in [-0.15, -0.1) is 0 Å². The van der Waals surface area contributed by atoms with Crippen LogP contribution < -0.4 is 14.9 Å². The summed E-state index contributed by atoms with van der Waals surface area (Å²) in [6, 6.07) is 7.42. The topological polar surface area (TPSA) is 87.2 Å². The molecule has 2 unspecified atom stereocenters. The summed E-state index contributed by atoms with van der Waals surface area (Å²) in [5, 5.41) is 3.51. The van der Waals surface area contributed by atoms with E-state index in [1.807, 2.05) is 6.07 Å². The van der Waals surface area contributed by atoms with E-state index in [0.29, 0.717) is 28.7 Å². The number of nitrogens with one attached hydrogen (secondary N) is 2. The van der Waals surface area contributed by atoms with Crippen LogP contribution in [0.3, 0.4) is 0 Å². The van der Waals surface area contributed by atoms with Crippen molar-refractivity contribution in [3.63, 3.8) is 0 Å². The number of nitrogens with zero attached hydrogens (tertiary/aromatic N) is 3. The molecule has 0 radical (unpaired) electrons. The van der Waals surface area contributed by atoms with Crippen LogP contribution in [0.25, 0.3) is 0 Å². The first-order chi connectivity index (χ1) is 12.3. The number of rotatable bonds is 5. The van der Waals surface area contributed by atoms with Crippen molar-refractivity contribution >= 4 is 38.8 Å². The second-order valence-corrected chi connectivity index (χ2v) is 8.69. The van der Waals surface area contributed by atoms with Gasteiger partial charge in [0, 0.05) is 18.2 Å². The van der Waals surface area contributed by atoms with Gasteiger partial charge in [0.25, 0.3) is 0 Å². The van der Waals surface area contributed by atoms with Gasteiger partial charge in [0.15, 0.2) is 0 Å². The lowest BCUT2D eigenvalue weighted by Crippen LogP contribution is -2.33. The monoisotopic (exact) mass is 395 g/mol. The zero-order valence-corrected chi connectivity index (χ0v) is 16.5. The van der Waals surface area contributed by atoms with E-state index in [0.717, 1.165) is 18.5 Å². The molecular weight excluding hydrogens is 374 g/mol. The van der Waals surface area contributed by atoms with E-state index in [1.54, 1.807) is 18.2 Å². The molecule has 0 bridgehead atoms. The molecule has 1 saturated heterocycles. The molecule has 0 amide bonds. The average Bonchev–Trinajstić information content (AvgIpc) is 2.93. The third-order valence-electron chi connectivity index (χ3n) is 4.67. The highest BCUT2D eigenvalue weighted by Crippen LogP contribution is 2.37. The summed E-state index contributed by atoms with van der Waals surface area (Å²) in [4.78, 5) is 10.5. The Morgan fingerprint density at radius 3 is 2.46 bits per heavy atom. The Morgan fingerprint density at radius 1 is 1.15 bits per heavy atom. The molecule has 2 N–H and O–H groups in total. The molecule has 26 heavy (non-hydrogen) atoms. The van der Waals surface area contributed by atoms with Crippen LogP contribution >= 0.6 is 11.6 Å². The van der Waals surface area contributed by atoms with Crippen LogP contribution in [-0.2, 0) is 10.0 Å². The summed E-state index contributed by atoms with van der Waals surface area (Å²) in [7, 11) is -2.16. The Hall–Kier alpha value is -1.90. The van der Waals surface area contributed by atoms with Gasteiger partial charge < -0.3 is 10.2 Å². The molecule has 2 aromatic rings. The molecule has 1 aromatic carbocycles. The van der Waals surface area contributed by atoms with Crippen LogP contribution in [0, 0.1) is 0 Å². The van der Waals surface area contributed by atoms with E-state index in [4.69, 9.17) is 11.6 Å². The number of anilines is 3. The Kier molecular flexibility index (Phi) is 5.36. The van der Waals surface area contributed by atoms with Gasteiger partial charge in [-0.3, -0.25) is 0 Å². The molecule has 1 aromatic heterocycles. The van der Waals surface area contributed by atoms with Gasteiger partial charge in [0.2, 0.25) is 10.0 Å². The maximum Gasteiger partial charge on any atom is 0.240 e. The Labute approximate surface area is 158 Å². The molecule has 0 spiro atoms. The molecule has 2 heterocycles. The first-order valence-corrected chi connectivity index (χ1v) is 10.3. The third-order valence-corrected chi connectivity index (χ3v) is 6.29. The third kappa shape index (κ3) is 3.77. The van der Waals surface area contributed by atoms with Gasteiger partial charge >= 0.3 is 0 Å². The molecule has 9 heteroatoms. The van der Waals surface area contributed by atoms with Crippen molar-refractivity contribution < 1.29 is 8.42 Å². The van der Waals surface area contributed by atoms with E-state index in [1.165, 1.54) is 13.4 Å². The lowest BCUT2D eigenvalue weighted by molar-refractivity contribution is 0.588. The molecule has 140 valence electrons. The van der Waals surface area contributed by atoms with Crippen molar-refractivity contribution in [1.29, 1.82) is 0 Å². The molecule has 2 atom stereocenters. The smallest absolute Gasteiger partial charge is 0.240 e. The van der Waals surface area contributed by atoms with Gasteiger partial charge in [-0.2, -0.15) is 0 Å². The van der Waals surface area contributed by atoms with Crippen molar-refractivity contribution in [3.05, 3.63) is 35.7 Å². The average molecular weight is 396 g/mol. The van der Waals surface area contributed by atoms with Crippen LogP contribution in [0.5, 0.6) is 0 Å². The zero-order valence-electron chi connectivity index (χ0n) is 14.9. The van der Waals surface area contributed by atoms with E-state index in [2.05, 4.69) is 38.8 Å². The van der Waals surface area contributed by atoms with Crippen molar-refractivity contribution in [3.8, 4) is 0 Å². The molecule has 1 fully saturated rings. The number of aromatic nitrogens is 2. The minimum absolute atomic E-state index is 0.186. The fourth-order valence-corrected chi connectivity index (χ4v) is 4.24. The molecule has 1 aliphatic rings. The molecule has 0 aliphatic carbocycles. The van der Waals surface area contributed by atoms with Crippen LogP contribution in [0.15, 0.2) is 35.5 Å². The maximum absolute atomic E-state index is 12.2. The Morgan fingerprint density at radius 2 is 1.85 bits per heavy atom. The fourth-order valence-electron chi connectivity index (χ4n) is 3.34. The zero-order chi connectivity index (χ0) is 18.9. The highest BCUT2D eigenvalue weighted by Gasteiger charge is 2.29. The quantitative estimate of drug-likeness (QED) is 0.756. The Balaban J connectivity index is 2.08. The fraction of sp³-hybridized carbons (Fsp3) is 0.412. The van der Waals surface area contributed by atoms with Gasteiger partial charge in [-0.1, -0.05) is 11.6 Å². The summed E-state index contributed by atoms with van der Waals surface area (Å²) in [5.74, 6) is 0.504. The van der Waals surface area contributed by atoms with E-state index >= 15 is 0 Å². The summed E-state index contributed by atoms with van der Waals surface area (Å²) in [5.41, 5.74) is 1.60. The van der Waals surface area contributed by atoms with Crippen LogP contribution in [-0.4, -0.2) is 37.5 Å². The minimum Gasteiger partial charge on any atom is -0.364 e. The van der Waals surface area contributed by atoms with E-state index in [-0.39, 0.29) is 4.90 Å². The van der Waals surface area contributed by atoms with Crippen LogP contribution in [0.1, 0.15) is 26.7 Å². The van der Waals surface area contributed by atoms with Crippen molar-refractivity contribution in [2.24, 2.45) is 0 Å². The van der Waals surface area contributed by atoms with Gasteiger partial charge in [0.05, 0.1) is 16.3 Å². The molecule has 3 rings (SSSR count). The van der Waals surface area contributed by atoms with Gasteiger partial charge in [-0.25, -0.2) is 23.1 Å². The second-order valence-electron chi connectivity index (χ2n) is 6.42. The summed E-state index contributed by atoms with van der Waals surface area (Å²) in [6.45, 7) is 4.35.